The van der Waals surface area contributed by atoms with Crippen molar-refractivity contribution < 1.29 is 15.0 Å². The summed E-state index contributed by atoms with van der Waals surface area (Å²) in [6, 6.07) is -0.637. The van der Waals surface area contributed by atoms with Gasteiger partial charge in [0.25, 0.3) is 0 Å². The summed E-state index contributed by atoms with van der Waals surface area (Å²) in [4.78, 5) is 12.2. The number of aliphatic hydroxyl groups is 2. The monoisotopic (exact) mass is 463 g/mol. The third-order valence-electron chi connectivity index (χ3n) is 5.95. The minimum Gasteiger partial charge on any atom is -0.394 e. The molecule has 4 nitrogen and oxygen atoms in total. The zero-order valence-electron chi connectivity index (χ0n) is 21.6. The molecule has 0 aromatic rings. The molecular formula is C29H53NO3. The summed E-state index contributed by atoms with van der Waals surface area (Å²) < 4.78 is 0. The van der Waals surface area contributed by atoms with Crippen LogP contribution < -0.4 is 5.32 Å². The number of amides is 1. The van der Waals surface area contributed by atoms with E-state index in [4.69, 9.17) is 0 Å². The minimum atomic E-state index is -0.861. The molecule has 0 radical (unpaired) electrons. The van der Waals surface area contributed by atoms with Crippen molar-refractivity contribution in [3.8, 4) is 0 Å². The number of carbonyl (C=O) groups is 1. The fourth-order valence-corrected chi connectivity index (χ4v) is 3.80. The highest BCUT2D eigenvalue weighted by molar-refractivity contribution is 5.76. The Bertz CT molecular complexity index is 513. The van der Waals surface area contributed by atoms with E-state index in [0.29, 0.717) is 6.42 Å². The molecule has 3 N–H and O–H groups in total. The number of rotatable bonds is 23. The van der Waals surface area contributed by atoms with Crippen LogP contribution >= 0.6 is 0 Å². The van der Waals surface area contributed by atoms with Gasteiger partial charge in [-0.05, 0) is 39.0 Å². The van der Waals surface area contributed by atoms with Gasteiger partial charge in [-0.2, -0.15) is 0 Å². The summed E-state index contributed by atoms with van der Waals surface area (Å²) in [5.41, 5.74) is 0. The van der Waals surface area contributed by atoms with Crippen LogP contribution in [0, 0.1) is 0 Å². The number of aliphatic hydroxyl groups excluding tert-OH is 2. The van der Waals surface area contributed by atoms with Crippen molar-refractivity contribution in [2.75, 3.05) is 6.61 Å². The minimum absolute atomic E-state index is 0.0855. The molecule has 0 aliphatic carbocycles. The first-order chi connectivity index (χ1) is 16.2. The van der Waals surface area contributed by atoms with Crippen LogP contribution in [0.25, 0.3) is 0 Å². The van der Waals surface area contributed by atoms with Gasteiger partial charge in [0, 0.05) is 6.42 Å². The Morgan fingerprint density at radius 3 is 1.76 bits per heavy atom. The van der Waals surface area contributed by atoms with E-state index in [1.54, 1.807) is 6.08 Å². The molecule has 0 aromatic heterocycles. The van der Waals surface area contributed by atoms with Crippen LogP contribution in [0.5, 0.6) is 0 Å². The third-order valence-corrected chi connectivity index (χ3v) is 5.95. The van der Waals surface area contributed by atoms with Gasteiger partial charge in [-0.15, -0.1) is 0 Å². The Kier molecular flexibility index (Phi) is 24.2. The summed E-state index contributed by atoms with van der Waals surface area (Å²) in [5, 5.41) is 22.6. The molecule has 0 heterocycles. The molecule has 1 amide bonds. The van der Waals surface area contributed by atoms with Gasteiger partial charge in [-0.1, -0.05) is 114 Å². The van der Waals surface area contributed by atoms with Crippen molar-refractivity contribution in [1.82, 2.24) is 5.32 Å². The second-order valence-corrected chi connectivity index (χ2v) is 9.11. The summed E-state index contributed by atoms with van der Waals surface area (Å²) >= 11 is 0. The predicted molar refractivity (Wildman–Crippen MR) is 142 cm³/mol. The largest absolute Gasteiger partial charge is 0.394 e. The SMILES string of the molecule is C/C=C/CC/C=C/CC/C=C/C(O)C(CO)NC(=O)CCCCCCCCCCCCCC. The van der Waals surface area contributed by atoms with E-state index >= 15 is 0 Å². The molecule has 0 saturated heterocycles. The van der Waals surface area contributed by atoms with Crippen LogP contribution in [-0.4, -0.2) is 34.9 Å². The molecule has 2 atom stereocenters. The molecule has 192 valence electrons. The lowest BCUT2D eigenvalue weighted by molar-refractivity contribution is -0.123. The van der Waals surface area contributed by atoms with E-state index < -0.39 is 12.1 Å². The topological polar surface area (TPSA) is 69.6 Å². The molecule has 0 aliphatic rings. The molecular weight excluding hydrogens is 410 g/mol. The van der Waals surface area contributed by atoms with Gasteiger partial charge in [0.05, 0.1) is 18.8 Å². The first-order valence-electron chi connectivity index (χ1n) is 13.7. The van der Waals surface area contributed by atoms with E-state index in [0.717, 1.165) is 38.5 Å². The molecule has 2 unspecified atom stereocenters. The van der Waals surface area contributed by atoms with Crippen molar-refractivity contribution in [1.29, 1.82) is 0 Å². The third kappa shape index (κ3) is 22.2. The molecule has 0 aliphatic heterocycles. The average Bonchev–Trinajstić information content (AvgIpc) is 2.82. The highest BCUT2D eigenvalue weighted by Gasteiger charge is 2.17. The quantitative estimate of drug-likeness (QED) is 0.111. The van der Waals surface area contributed by atoms with Gasteiger partial charge >= 0.3 is 0 Å². The van der Waals surface area contributed by atoms with Crippen molar-refractivity contribution in [2.45, 2.75) is 135 Å². The van der Waals surface area contributed by atoms with Crippen molar-refractivity contribution in [2.24, 2.45) is 0 Å². The molecule has 0 saturated carbocycles. The van der Waals surface area contributed by atoms with Crippen molar-refractivity contribution >= 4 is 5.91 Å². The maximum Gasteiger partial charge on any atom is 0.220 e. The van der Waals surface area contributed by atoms with Crippen LogP contribution in [0.15, 0.2) is 36.5 Å². The van der Waals surface area contributed by atoms with Gasteiger partial charge in [0.2, 0.25) is 5.91 Å². The normalized spacial score (nSPS) is 13.9. The zero-order chi connectivity index (χ0) is 24.4. The number of hydrogen-bond acceptors (Lipinski definition) is 3. The Morgan fingerprint density at radius 2 is 1.24 bits per heavy atom. The number of nitrogens with one attached hydrogen (secondary N) is 1. The van der Waals surface area contributed by atoms with Crippen LogP contribution in [-0.2, 0) is 4.79 Å². The number of carbonyl (C=O) groups excluding carboxylic acids is 1. The maximum absolute atomic E-state index is 12.2. The summed E-state index contributed by atoms with van der Waals surface area (Å²) in [6.45, 7) is 4.02. The molecule has 4 heteroatoms. The maximum atomic E-state index is 12.2. The lowest BCUT2D eigenvalue weighted by Crippen LogP contribution is -2.45. The lowest BCUT2D eigenvalue weighted by atomic mass is 10.0. The fraction of sp³-hybridized carbons (Fsp3) is 0.759. The van der Waals surface area contributed by atoms with E-state index in [9.17, 15) is 15.0 Å². The Morgan fingerprint density at radius 1 is 0.758 bits per heavy atom. The lowest BCUT2D eigenvalue weighted by Gasteiger charge is -2.19. The zero-order valence-corrected chi connectivity index (χ0v) is 21.6. The molecule has 0 rings (SSSR count). The van der Waals surface area contributed by atoms with Gasteiger partial charge < -0.3 is 15.5 Å². The van der Waals surface area contributed by atoms with Gasteiger partial charge in [0.1, 0.15) is 0 Å². The summed E-state index contributed by atoms with van der Waals surface area (Å²) in [6.07, 6.45) is 30.8. The van der Waals surface area contributed by atoms with Gasteiger partial charge in [0.15, 0.2) is 0 Å². The summed E-state index contributed by atoms with van der Waals surface area (Å²) in [5.74, 6) is -0.0855. The van der Waals surface area contributed by atoms with E-state index in [2.05, 4.69) is 36.5 Å². The summed E-state index contributed by atoms with van der Waals surface area (Å²) in [7, 11) is 0. The second-order valence-electron chi connectivity index (χ2n) is 9.11. The Labute approximate surface area is 204 Å². The van der Waals surface area contributed by atoms with E-state index in [1.165, 1.54) is 64.2 Å². The predicted octanol–water partition coefficient (Wildman–Crippen LogP) is 7.16. The highest BCUT2D eigenvalue weighted by atomic mass is 16.3. The van der Waals surface area contributed by atoms with Gasteiger partial charge in [-0.3, -0.25) is 4.79 Å². The van der Waals surface area contributed by atoms with Crippen molar-refractivity contribution in [3.05, 3.63) is 36.5 Å². The molecule has 0 aromatic carbocycles. The smallest absolute Gasteiger partial charge is 0.220 e. The standard InChI is InChI=1S/C29H53NO3/c1-3-5-7-9-11-13-14-15-17-19-21-23-25-29(33)30-27(26-31)28(32)24-22-20-18-16-12-10-8-6-4-2/h4,6,12,16,22,24,27-28,31-32H,3,5,7-11,13-15,17-21,23,25-26H2,1-2H3,(H,30,33)/b6-4+,16-12+,24-22+. The Balaban J connectivity index is 3.75. The van der Waals surface area contributed by atoms with E-state index in [1.807, 2.05) is 13.0 Å². The molecule has 0 fully saturated rings. The fourth-order valence-electron chi connectivity index (χ4n) is 3.80. The number of unbranched alkanes of at least 4 members (excludes halogenated alkanes) is 13. The highest BCUT2D eigenvalue weighted by Crippen LogP contribution is 2.12. The van der Waals surface area contributed by atoms with Crippen LogP contribution in [0.3, 0.4) is 0 Å². The van der Waals surface area contributed by atoms with Gasteiger partial charge in [-0.25, -0.2) is 0 Å². The average molecular weight is 464 g/mol. The molecule has 33 heavy (non-hydrogen) atoms. The molecule has 0 spiro atoms. The van der Waals surface area contributed by atoms with Crippen LogP contribution in [0.1, 0.15) is 123 Å². The van der Waals surface area contributed by atoms with Crippen LogP contribution in [0.2, 0.25) is 0 Å². The first-order valence-corrected chi connectivity index (χ1v) is 13.7. The Hall–Kier alpha value is -1.39. The number of hydrogen-bond donors (Lipinski definition) is 3. The second kappa shape index (κ2) is 25.2. The van der Waals surface area contributed by atoms with E-state index in [-0.39, 0.29) is 12.5 Å². The molecule has 0 bridgehead atoms. The van der Waals surface area contributed by atoms with Crippen molar-refractivity contribution in [3.63, 3.8) is 0 Å². The number of allylic oxidation sites excluding steroid dienone is 5. The van der Waals surface area contributed by atoms with Crippen LogP contribution in [0.4, 0.5) is 0 Å². The first kappa shape index (κ1) is 31.6.